The predicted molar refractivity (Wildman–Crippen MR) is 91.6 cm³/mol. The Balaban J connectivity index is 2.28. The molecule has 0 amide bonds. The molecule has 6 nitrogen and oxygen atoms in total. The molecule has 25 heavy (non-hydrogen) atoms. The number of carboxylic acid groups (broad SMARTS) is 1. The lowest BCUT2D eigenvalue weighted by Gasteiger charge is -2.23. The van der Waals surface area contributed by atoms with Crippen LogP contribution in [0.1, 0.15) is 11.7 Å². The minimum absolute atomic E-state index is 0.0822. The molecule has 2 atom stereocenters. The van der Waals surface area contributed by atoms with E-state index in [1.807, 2.05) is 6.07 Å². The number of hydrogen-bond acceptors (Lipinski definition) is 5. The Morgan fingerprint density at radius 2 is 1.76 bits per heavy atom. The van der Waals surface area contributed by atoms with E-state index in [1.165, 1.54) is 6.08 Å². The zero-order chi connectivity index (χ0) is 18.1. The lowest BCUT2D eigenvalue weighted by atomic mass is 10.0. The largest absolute Gasteiger partial charge is 0.491 e. The zero-order valence-electron chi connectivity index (χ0n) is 13.5. The van der Waals surface area contributed by atoms with Crippen molar-refractivity contribution < 1.29 is 29.6 Å². The Morgan fingerprint density at radius 1 is 1.08 bits per heavy atom. The number of hydrogen-bond donors (Lipinski definition) is 3. The standard InChI is InChI=1S/C19H20O6/c20-12-13-24-16-9-5-4-8-15(16)19(23)17(10-11-18(21)22)25-14-6-2-1-3-7-14/h1-11,17,19-20,23H,12-13H2,(H,21,22)/b11-10+/t17-,19-/m1/s1. The smallest absolute Gasteiger partial charge is 0.328 e. The number of aliphatic carboxylic acids is 1. The molecule has 0 aromatic heterocycles. The van der Waals surface area contributed by atoms with E-state index < -0.39 is 18.2 Å². The number of aliphatic hydroxyl groups is 2. The van der Waals surface area contributed by atoms with Gasteiger partial charge in [-0.25, -0.2) is 4.79 Å². The van der Waals surface area contributed by atoms with Gasteiger partial charge in [-0.15, -0.1) is 0 Å². The summed E-state index contributed by atoms with van der Waals surface area (Å²) < 4.78 is 11.2. The first kappa shape index (κ1) is 18.5. The number of rotatable bonds is 9. The Labute approximate surface area is 145 Å². The van der Waals surface area contributed by atoms with Crippen LogP contribution >= 0.6 is 0 Å². The second-order valence-electron chi connectivity index (χ2n) is 5.15. The summed E-state index contributed by atoms with van der Waals surface area (Å²) in [5.41, 5.74) is 0.437. The Hall–Kier alpha value is -2.83. The second kappa shape index (κ2) is 9.46. The highest BCUT2D eigenvalue weighted by Crippen LogP contribution is 2.30. The van der Waals surface area contributed by atoms with Crippen molar-refractivity contribution in [1.29, 1.82) is 0 Å². The highest BCUT2D eigenvalue weighted by molar-refractivity contribution is 5.79. The first-order valence-electron chi connectivity index (χ1n) is 7.75. The first-order chi connectivity index (χ1) is 12.1. The summed E-state index contributed by atoms with van der Waals surface area (Å²) >= 11 is 0. The molecule has 0 aliphatic carbocycles. The minimum Gasteiger partial charge on any atom is -0.491 e. The third-order valence-corrected chi connectivity index (χ3v) is 3.34. The van der Waals surface area contributed by atoms with E-state index in [1.54, 1.807) is 48.5 Å². The second-order valence-corrected chi connectivity index (χ2v) is 5.15. The topological polar surface area (TPSA) is 96.2 Å². The average Bonchev–Trinajstić information content (AvgIpc) is 2.63. The lowest BCUT2D eigenvalue weighted by Crippen LogP contribution is -2.24. The average molecular weight is 344 g/mol. The maximum absolute atomic E-state index is 10.8. The van der Waals surface area contributed by atoms with Gasteiger partial charge in [-0.05, 0) is 24.3 Å². The van der Waals surface area contributed by atoms with Crippen molar-refractivity contribution in [2.24, 2.45) is 0 Å². The normalized spacial score (nSPS) is 13.4. The van der Waals surface area contributed by atoms with E-state index in [9.17, 15) is 9.90 Å². The van der Waals surface area contributed by atoms with E-state index in [2.05, 4.69) is 0 Å². The molecular formula is C19H20O6. The zero-order valence-corrected chi connectivity index (χ0v) is 13.5. The lowest BCUT2D eigenvalue weighted by molar-refractivity contribution is -0.131. The third-order valence-electron chi connectivity index (χ3n) is 3.34. The van der Waals surface area contributed by atoms with Crippen molar-refractivity contribution in [3.05, 3.63) is 72.3 Å². The summed E-state index contributed by atoms with van der Waals surface area (Å²) in [5.74, 6) is -0.247. The number of ether oxygens (including phenoxy) is 2. The molecule has 2 rings (SSSR count). The van der Waals surface area contributed by atoms with Crippen LogP contribution in [0.2, 0.25) is 0 Å². The van der Waals surface area contributed by atoms with Crippen molar-refractivity contribution in [2.45, 2.75) is 12.2 Å². The number of benzene rings is 2. The molecule has 2 aromatic rings. The van der Waals surface area contributed by atoms with Gasteiger partial charge >= 0.3 is 5.97 Å². The van der Waals surface area contributed by atoms with E-state index in [4.69, 9.17) is 19.7 Å². The van der Waals surface area contributed by atoms with Crippen LogP contribution in [0.3, 0.4) is 0 Å². The van der Waals surface area contributed by atoms with Crippen LogP contribution in [0, 0.1) is 0 Å². The quantitative estimate of drug-likeness (QED) is 0.604. The molecule has 0 fully saturated rings. The monoisotopic (exact) mass is 344 g/mol. The number of para-hydroxylation sites is 2. The highest BCUT2D eigenvalue weighted by Gasteiger charge is 2.24. The van der Waals surface area contributed by atoms with Gasteiger partial charge in [0.15, 0.2) is 0 Å². The Morgan fingerprint density at radius 3 is 2.44 bits per heavy atom. The molecule has 132 valence electrons. The molecule has 0 bridgehead atoms. The molecule has 0 heterocycles. The van der Waals surface area contributed by atoms with Crippen molar-refractivity contribution in [1.82, 2.24) is 0 Å². The molecule has 0 aliphatic rings. The van der Waals surface area contributed by atoms with Crippen LogP contribution in [0.25, 0.3) is 0 Å². The minimum atomic E-state index is -1.16. The molecule has 0 saturated heterocycles. The molecule has 0 unspecified atom stereocenters. The fourth-order valence-electron chi connectivity index (χ4n) is 2.23. The van der Waals surface area contributed by atoms with Gasteiger partial charge in [0.25, 0.3) is 0 Å². The van der Waals surface area contributed by atoms with Gasteiger partial charge in [0.05, 0.1) is 6.61 Å². The van der Waals surface area contributed by atoms with Crippen molar-refractivity contribution >= 4 is 5.97 Å². The predicted octanol–water partition coefficient (Wildman–Crippen LogP) is 2.18. The van der Waals surface area contributed by atoms with Gasteiger partial charge < -0.3 is 24.8 Å². The van der Waals surface area contributed by atoms with Crippen LogP contribution < -0.4 is 9.47 Å². The van der Waals surface area contributed by atoms with Crippen LogP contribution in [0.15, 0.2) is 66.7 Å². The molecule has 0 saturated carbocycles. The maximum Gasteiger partial charge on any atom is 0.328 e. The van der Waals surface area contributed by atoms with Gasteiger partial charge in [0.2, 0.25) is 0 Å². The summed E-state index contributed by atoms with van der Waals surface area (Å²) in [5, 5.41) is 28.5. The summed E-state index contributed by atoms with van der Waals surface area (Å²) in [4.78, 5) is 10.8. The number of aliphatic hydroxyl groups excluding tert-OH is 2. The summed E-state index contributed by atoms with van der Waals surface area (Å²) in [6.07, 6.45) is 0.111. The molecule has 0 spiro atoms. The van der Waals surface area contributed by atoms with Crippen molar-refractivity contribution in [3.63, 3.8) is 0 Å². The van der Waals surface area contributed by atoms with Crippen LogP contribution in [0.5, 0.6) is 11.5 Å². The maximum atomic E-state index is 10.8. The number of carboxylic acids is 1. The van der Waals surface area contributed by atoms with E-state index in [-0.39, 0.29) is 13.2 Å². The third kappa shape index (κ3) is 5.63. The van der Waals surface area contributed by atoms with Gasteiger partial charge in [0, 0.05) is 11.6 Å². The molecule has 6 heteroatoms. The Bertz CT molecular complexity index is 698. The first-order valence-corrected chi connectivity index (χ1v) is 7.75. The van der Waals surface area contributed by atoms with Gasteiger partial charge in [-0.3, -0.25) is 0 Å². The SMILES string of the molecule is O=C(O)/C=C/[C@@H](Oc1ccccc1)[C@H](O)c1ccccc1OCCO. The summed E-state index contributed by atoms with van der Waals surface area (Å²) in [6.45, 7) is -0.0772. The molecule has 3 N–H and O–H groups in total. The summed E-state index contributed by atoms with van der Waals surface area (Å²) in [6, 6.07) is 15.6. The van der Waals surface area contributed by atoms with Crippen LogP contribution in [-0.4, -0.2) is 40.6 Å². The van der Waals surface area contributed by atoms with Crippen LogP contribution in [0.4, 0.5) is 0 Å². The molecule has 0 radical (unpaired) electrons. The molecular weight excluding hydrogens is 324 g/mol. The van der Waals surface area contributed by atoms with Gasteiger partial charge in [0.1, 0.15) is 30.3 Å². The molecule has 0 aliphatic heterocycles. The fraction of sp³-hybridized carbons (Fsp3) is 0.211. The molecule has 2 aromatic carbocycles. The van der Waals surface area contributed by atoms with Crippen molar-refractivity contribution in [3.8, 4) is 11.5 Å². The van der Waals surface area contributed by atoms with Crippen LogP contribution in [-0.2, 0) is 4.79 Å². The van der Waals surface area contributed by atoms with Gasteiger partial charge in [-0.2, -0.15) is 0 Å². The van der Waals surface area contributed by atoms with Gasteiger partial charge in [-0.1, -0.05) is 36.4 Å². The van der Waals surface area contributed by atoms with E-state index in [0.29, 0.717) is 17.1 Å². The van der Waals surface area contributed by atoms with Crippen molar-refractivity contribution in [2.75, 3.05) is 13.2 Å². The summed E-state index contributed by atoms with van der Waals surface area (Å²) in [7, 11) is 0. The van der Waals surface area contributed by atoms with E-state index >= 15 is 0 Å². The fourth-order valence-corrected chi connectivity index (χ4v) is 2.23. The Kier molecular flexibility index (Phi) is 7.00. The highest BCUT2D eigenvalue weighted by atomic mass is 16.5. The number of carbonyl (C=O) groups is 1. The van der Waals surface area contributed by atoms with E-state index in [0.717, 1.165) is 6.08 Å².